The molecule has 0 aliphatic heterocycles. The van der Waals surface area contributed by atoms with Gasteiger partial charge in [-0.1, -0.05) is 21.1 Å². The van der Waals surface area contributed by atoms with E-state index in [9.17, 15) is 14.4 Å². The van der Waals surface area contributed by atoms with E-state index in [2.05, 4.69) is 25.9 Å². The van der Waals surface area contributed by atoms with Gasteiger partial charge in [0.15, 0.2) is 0 Å². The van der Waals surface area contributed by atoms with Gasteiger partial charge >= 0.3 is 11.9 Å². The van der Waals surface area contributed by atoms with Crippen molar-refractivity contribution in [2.24, 2.45) is 5.16 Å². The van der Waals surface area contributed by atoms with Gasteiger partial charge in [0, 0.05) is 6.92 Å². The molecule has 0 fully saturated rings. The van der Waals surface area contributed by atoms with Crippen LogP contribution >= 0.6 is 15.9 Å². The molecule has 0 unspecified atom stereocenters. The molecule has 0 aliphatic rings. The molecule has 72 valence electrons. The van der Waals surface area contributed by atoms with E-state index in [0.717, 1.165) is 6.92 Å². The van der Waals surface area contributed by atoms with E-state index >= 15 is 0 Å². The largest absolute Gasteiger partial charge is 0.476 e. The van der Waals surface area contributed by atoms with Gasteiger partial charge in [0.05, 0.1) is 5.33 Å². The van der Waals surface area contributed by atoms with E-state index in [1.165, 1.54) is 0 Å². The summed E-state index contributed by atoms with van der Waals surface area (Å²) in [5, 5.41) is 11.1. The average molecular weight is 252 g/mol. The van der Waals surface area contributed by atoms with Gasteiger partial charge in [0.25, 0.3) is 0 Å². The first-order valence-electron chi connectivity index (χ1n) is 3.07. The zero-order valence-corrected chi connectivity index (χ0v) is 8.20. The van der Waals surface area contributed by atoms with E-state index in [1.807, 2.05) is 0 Å². The van der Waals surface area contributed by atoms with Crippen LogP contribution in [0.3, 0.4) is 0 Å². The van der Waals surface area contributed by atoms with Crippen molar-refractivity contribution in [1.29, 1.82) is 0 Å². The molecular formula is C6H6BrNO5. The summed E-state index contributed by atoms with van der Waals surface area (Å²) in [7, 11) is 0. The Balaban J connectivity index is 4.60. The second kappa shape index (κ2) is 5.41. The molecule has 0 spiro atoms. The van der Waals surface area contributed by atoms with Gasteiger partial charge in [-0.25, -0.2) is 9.59 Å². The molecule has 0 rings (SSSR count). The molecule has 1 N–H and O–H groups in total. The second-order valence-corrected chi connectivity index (χ2v) is 2.45. The van der Waals surface area contributed by atoms with Crippen molar-refractivity contribution in [3.63, 3.8) is 0 Å². The molecule has 0 saturated carbocycles. The highest BCUT2D eigenvalue weighted by molar-refractivity contribution is 9.09. The number of rotatable bonds is 4. The summed E-state index contributed by atoms with van der Waals surface area (Å²) in [6.45, 7) is 1.04. The van der Waals surface area contributed by atoms with Crippen LogP contribution in [0.25, 0.3) is 0 Å². The Hall–Kier alpha value is -1.24. The Morgan fingerprint density at radius 1 is 1.46 bits per heavy atom. The summed E-state index contributed by atoms with van der Waals surface area (Å²) < 4.78 is 0. The van der Waals surface area contributed by atoms with Crippen molar-refractivity contribution in [2.75, 3.05) is 5.33 Å². The maximum atomic E-state index is 10.8. The van der Waals surface area contributed by atoms with Gasteiger partial charge in [-0.2, -0.15) is 0 Å². The Labute approximate surface area is 81.7 Å². The minimum absolute atomic E-state index is 0.195. The predicted octanol–water partition coefficient (Wildman–Crippen LogP) is -0.0459. The summed E-state index contributed by atoms with van der Waals surface area (Å²) in [6.07, 6.45) is 0. The zero-order valence-electron chi connectivity index (χ0n) is 6.61. The highest BCUT2D eigenvalue weighted by Gasteiger charge is 2.19. The van der Waals surface area contributed by atoms with Crippen LogP contribution in [0.1, 0.15) is 6.92 Å². The van der Waals surface area contributed by atoms with Gasteiger partial charge in [0.2, 0.25) is 11.5 Å². The average Bonchev–Trinajstić information content (AvgIpc) is 2.03. The number of carboxylic acids is 1. The number of ketones is 1. The quantitative estimate of drug-likeness (QED) is 0.249. The van der Waals surface area contributed by atoms with Crippen LogP contribution in [0, 0.1) is 0 Å². The SMILES string of the molecule is CC(=O)ON=C(C(=O)O)C(=O)CBr. The van der Waals surface area contributed by atoms with Gasteiger partial charge in [0.1, 0.15) is 0 Å². The molecule has 0 amide bonds. The third-order valence-corrected chi connectivity index (χ3v) is 1.36. The number of carbonyl (C=O) groups excluding carboxylic acids is 2. The standard InChI is InChI=1S/C6H6BrNO5/c1-3(9)13-8-5(6(11)12)4(10)2-7/h2H2,1H3,(H,11,12). The fourth-order valence-electron chi connectivity index (χ4n) is 0.382. The minimum atomic E-state index is -1.54. The lowest BCUT2D eigenvalue weighted by Crippen LogP contribution is -2.25. The number of oxime groups is 1. The van der Waals surface area contributed by atoms with Crippen molar-refractivity contribution in [2.45, 2.75) is 6.92 Å². The summed E-state index contributed by atoms with van der Waals surface area (Å²) >= 11 is 2.76. The first-order chi connectivity index (χ1) is 5.99. The second-order valence-electron chi connectivity index (χ2n) is 1.88. The van der Waals surface area contributed by atoms with E-state index in [4.69, 9.17) is 5.11 Å². The fraction of sp³-hybridized carbons (Fsp3) is 0.333. The van der Waals surface area contributed by atoms with Gasteiger partial charge < -0.3 is 9.94 Å². The molecular weight excluding hydrogens is 246 g/mol. The molecule has 13 heavy (non-hydrogen) atoms. The van der Waals surface area contributed by atoms with E-state index < -0.39 is 23.4 Å². The van der Waals surface area contributed by atoms with Crippen LogP contribution in [0.2, 0.25) is 0 Å². The number of carbonyl (C=O) groups is 3. The van der Waals surface area contributed by atoms with Crippen LogP contribution in [0.15, 0.2) is 5.16 Å². The number of hydrogen-bond acceptors (Lipinski definition) is 5. The lowest BCUT2D eigenvalue weighted by molar-refractivity contribution is -0.141. The first kappa shape index (κ1) is 11.8. The number of nitrogens with zero attached hydrogens (tertiary/aromatic N) is 1. The number of alkyl halides is 1. The molecule has 0 bridgehead atoms. The predicted molar refractivity (Wildman–Crippen MR) is 45.6 cm³/mol. The van der Waals surface area contributed by atoms with Crippen LogP contribution in [-0.4, -0.2) is 33.9 Å². The molecule has 0 aromatic heterocycles. The van der Waals surface area contributed by atoms with Crippen molar-refractivity contribution >= 4 is 39.4 Å². The lowest BCUT2D eigenvalue weighted by atomic mass is 10.3. The van der Waals surface area contributed by atoms with Gasteiger partial charge in [-0.15, -0.1) is 0 Å². The lowest BCUT2D eigenvalue weighted by Gasteiger charge is -1.95. The number of halogens is 1. The maximum Gasteiger partial charge on any atom is 0.361 e. The Morgan fingerprint density at radius 2 is 2.00 bits per heavy atom. The molecule has 0 radical (unpaired) electrons. The minimum Gasteiger partial charge on any atom is -0.476 e. The molecule has 0 heterocycles. The normalized spacial score (nSPS) is 10.8. The highest BCUT2D eigenvalue weighted by atomic mass is 79.9. The van der Waals surface area contributed by atoms with Gasteiger partial charge in [-0.3, -0.25) is 4.79 Å². The molecule has 0 aliphatic carbocycles. The highest BCUT2D eigenvalue weighted by Crippen LogP contribution is 1.90. The Kier molecular flexibility index (Phi) is 4.90. The maximum absolute atomic E-state index is 10.8. The van der Waals surface area contributed by atoms with Crippen LogP contribution in [0.4, 0.5) is 0 Å². The van der Waals surface area contributed by atoms with Crippen LogP contribution in [0.5, 0.6) is 0 Å². The van der Waals surface area contributed by atoms with Crippen molar-refractivity contribution in [3.8, 4) is 0 Å². The first-order valence-corrected chi connectivity index (χ1v) is 4.19. The number of hydrogen-bond donors (Lipinski definition) is 1. The fourth-order valence-corrected chi connectivity index (χ4v) is 0.648. The van der Waals surface area contributed by atoms with Gasteiger partial charge in [-0.05, 0) is 0 Å². The van der Waals surface area contributed by atoms with Crippen LogP contribution in [-0.2, 0) is 19.2 Å². The van der Waals surface area contributed by atoms with Crippen molar-refractivity contribution in [1.82, 2.24) is 0 Å². The molecule has 6 nitrogen and oxygen atoms in total. The number of Topliss-reactive ketones (excluding diaryl/α,β-unsaturated/α-hetero) is 1. The molecule has 7 heteroatoms. The Morgan fingerprint density at radius 3 is 2.31 bits per heavy atom. The van der Waals surface area contributed by atoms with E-state index in [0.29, 0.717) is 0 Å². The zero-order chi connectivity index (χ0) is 10.4. The van der Waals surface area contributed by atoms with E-state index in [1.54, 1.807) is 0 Å². The summed E-state index contributed by atoms with van der Waals surface area (Å²) in [6, 6.07) is 0. The van der Waals surface area contributed by atoms with E-state index in [-0.39, 0.29) is 5.33 Å². The molecule has 0 saturated heterocycles. The van der Waals surface area contributed by atoms with Crippen molar-refractivity contribution < 1.29 is 24.3 Å². The molecule has 0 aromatic rings. The topological polar surface area (TPSA) is 93.0 Å². The summed E-state index contributed by atoms with van der Waals surface area (Å²) in [4.78, 5) is 35.4. The number of aliphatic carboxylic acids is 1. The number of carboxylic acid groups (broad SMARTS) is 1. The molecule has 0 atom stereocenters. The third kappa shape index (κ3) is 4.36. The Bertz CT molecular complexity index is 272. The third-order valence-electron chi connectivity index (χ3n) is 0.854. The summed E-state index contributed by atoms with van der Waals surface area (Å²) in [5.74, 6) is -3.10. The molecule has 0 aromatic carbocycles. The monoisotopic (exact) mass is 251 g/mol. The van der Waals surface area contributed by atoms with Crippen LogP contribution < -0.4 is 0 Å². The smallest absolute Gasteiger partial charge is 0.361 e. The van der Waals surface area contributed by atoms with Crippen molar-refractivity contribution in [3.05, 3.63) is 0 Å². The summed E-state index contributed by atoms with van der Waals surface area (Å²) in [5.41, 5.74) is -0.813.